The zero-order chi connectivity index (χ0) is 37.5. The maximum absolute atomic E-state index is 13.6. The number of amides is 2. The molecule has 0 saturated carbocycles. The van der Waals surface area contributed by atoms with Gasteiger partial charge in [0.15, 0.2) is 11.5 Å². The molecule has 0 radical (unpaired) electrons. The normalized spacial score (nSPS) is 11.0. The largest absolute Gasteiger partial charge is 0.493 e. The summed E-state index contributed by atoms with van der Waals surface area (Å²) in [5, 5.41) is 2.76. The number of hydrogen-bond donors (Lipinski definition) is 1. The maximum Gasteiger partial charge on any atom is 0.416 e. The maximum atomic E-state index is 13.6. The Hall–Kier alpha value is -5.92. The molecular weight excluding hydrogens is 671 g/mol. The summed E-state index contributed by atoms with van der Waals surface area (Å²) >= 11 is 0. The first kappa shape index (κ1) is 37.9. The molecular formula is C37H36F3N3O8. The molecule has 0 spiro atoms. The van der Waals surface area contributed by atoms with Gasteiger partial charge in [0.05, 0.1) is 55.0 Å². The summed E-state index contributed by atoms with van der Waals surface area (Å²) in [4.78, 5) is 57.4. The van der Waals surface area contributed by atoms with Crippen molar-refractivity contribution in [1.29, 1.82) is 0 Å². The van der Waals surface area contributed by atoms with Gasteiger partial charge in [-0.15, -0.1) is 0 Å². The molecule has 1 N–H and O–H groups in total. The van der Waals surface area contributed by atoms with Gasteiger partial charge in [0, 0.05) is 31.8 Å². The van der Waals surface area contributed by atoms with Gasteiger partial charge in [0.1, 0.15) is 0 Å². The Labute approximate surface area is 292 Å². The number of carbonyl (C=O) groups excluding carboxylic acids is 4. The number of rotatable bonds is 12. The van der Waals surface area contributed by atoms with Crippen LogP contribution in [0.3, 0.4) is 0 Å². The Morgan fingerprint density at radius 2 is 1.49 bits per heavy atom. The molecule has 14 heteroatoms. The van der Waals surface area contributed by atoms with E-state index in [1.54, 1.807) is 45.3 Å². The van der Waals surface area contributed by atoms with E-state index in [-0.39, 0.29) is 51.7 Å². The molecule has 0 atom stereocenters. The van der Waals surface area contributed by atoms with Crippen molar-refractivity contribution in [2.24, 2.45) is 0 Å². The van der Waals surface area contributed by atoms with E-state index in [4.69, 9.17) is 18.9 Å². The second-order valence-corrected chi connectivity index (χ2v) is 11.5. The fraction of sp³-hybridized carbons (Fsp3) is 0.270. The minimum absolute atomic E-state index is 0.00173. The Balaban J connectivity index is 1.51. The number of alkyl halides is 3. The van der Waals surface area contributed by atoms with E-state index in [9.17, 15) is 32.3 Å². The average molecular weight is 708 g/mol. The van der Waals surface area contributed by atoms with Crippen molar-refractivity contribution < 1.29 is 51.3 Å². The van der Waals surface area contributed by atoms with E-state index in [2.05, 4.69) is 10.3 Å². The zero-order valence-corrected chi connectivity index (χ0v) is 28.8. The van der Waals surface area contributed by atoms with Gasteiger partial charge in [-0.2, -0.15) is 13.2 Å². The van der Waals surface area contributed by atoms with Crippen molar-refractivity contribution in [3.05, 3.63) is 100 Å². The Kier molecular flexibility index (Phi) is 12.0. The van der Waals surface area contributed by atoms with E-state index in [0.29, 0.717) is 29.7 Å². The number of methoxy groups -OCH3 is 3. The second kappa shape index (κ2) is 16.2. The molecule has 0 aliphatic rings. The van der Waals surface area contributed by atoms with Crippen molar-refractivity contribution in [2.45, 2.75) is 32.4 Å². The lowest BCUT2D eigenvalue weighted by atomic mass is 10.0. The van der Waals surface area contributed by atoms with E-state index < -0.39 is 35.5 Å². The highest BCUT2D eigenvalue weighted by Crippen LogP contribution is 2.39. The number of esters is 2. The van der Waals surface area contributed by atoms with Crippen LogP contribution in [0.2, 0.25) is 0 Å². The zero-order valence-electron chi connectivity index (χ0n) is 28.8. The van der Waals surface area contributed by atoms with Gasteiger partial charge < -0.3 is 29.2 Å². The molecule has 1 heterocycles. The third-order valence-electron chi connectivity index (χ3n) is 7.68. The van der Waals surface area contributed by atoms with Crippen LogP contribution in [0.5, 0.6) is 17.2 Å². The molecule has 11 nitrogen and oxygen atoms in total. The summed E-state index contributed by atoms with van der Waals surface area (Å²) < 4.78 is 60.3. The van der Waals surface area contributed by atoms with Gasteiger partial charge in [-0.3, -0.25) is 19.4 Å². The topological polar surface area (TPSA) is 133 Å². The number of ether oxygens (including phenoxy) is 4. The molecule has 268 valence electrons. The quantitative estimate of drug-likeness (QED) is 0.125. The molecule has 0 bridgehead atoms. The molecule has 4 rings (SSSR count). The highest BCUT2D eigenvalue weighted by Gasteiger charge is 2.30. The summed E-state index contributed by atoms with van der Waals surface area (Å²) in [7, 11) is 7.04. The van der Waals surface area contributed by atoms with Crippen molar-refractivity contribution in [2.75, 3.05) is 40.7 Å². The molecule has 4 aromatic rings. The molecule has 3 aromatic carbocycles. The number of nitrogens with one attached hydrogen (secondary N) is 1. The van der Waals surface area contributed by atoms with Crippen LogP contribution >= 0.6 is 0 Å². The highest BCUT2D eigenvalue weighted by atomic mass is 19.4. The van der Waals surface area contributed by atoms with Gasteiger partial charge in [0.2, 0.25) is 5.75 Å². The minimum Gasteiger partial charge on any atom is -0.493 e. The number of pyridine rings is 1. The number of aromatic nitrogens is 1. The molecule has 0 unspecified atom stereocenters. The van der Waals surface area contributed by atoms with Gasteiger partial charge in [-0.1, -0.05) is 18.2 Å². The number of anilines is 1. The Morgan fingerprint density at radius 1 is 0.843 bits per heavy atom. The van der Waals surface area contributed by atoms with Gasteiger partial charge in [-0.25, -0.2) is 4.79 Å². The summed E-state index contributed by atoms with van der Waals surface area (Å²) in [6.07, 6.45) is -3.84. The summed E-state index contributed by atoms with van der Waals surface area (Å²) in [5.41, 5.74) is 1.54. The van der Waals surface area contributed by atoms with E-state index in [1.165, 1.54) is 56.6 Å². The fourth-order valence-electron chi connectivity index (χ4n) is 5.06. The number of nitrogens with zero attached hydrogens (tertiary/aromatic N) is 2. The number of aryl methyl sites for hydroxylation is 2. The monoisotopic (exact) mass is 707 g/mol. The highest BCUT2D eigenvalue weighted by molar-refractivity contribution is 6.11. The third kappa shape index (κ3) is 9.21. The van der Waals surface area contributed by atoms with Crippen LogP contribution in [0.25, 0.3) is 11.3 Å². The summed E-state index contributed by atoms with van der Waals surface area (Å²) in [6, 6.07) is 15.1. The molecule has 0 saturated heterocycles. The third-order valence-corrected chi connectivity index (χ3v) is 7.68. The first-order valence-electron chi connectivity index (χ1n) is 15.5. The van der Waals surface area contributed by atoms with Crippen LogP contribution in [0.15, 0.2) is 66.7 Å². The van der Waals surface area contributed by atoms with Crippen molar-refractivity contribution in [3.63, 3.8) is 0 Å². The SMILES string of the molecule is COC(=O)c1cc(OC)c(OC(=O)CCCc2ccc(NC(=O)c3ccc(C)nc3-c3ccc(C(F)(F)F)cc3)c(C(=O)N(C)C)c2)c(OC)c1. The molecule has 0 aliphatic heterocycles. The lowest BCUT2D eigenvalue weighted by Gasteiger charge is -2.17. The van der Waals surface area contributed by atoms with Crippen LogP contribution in [0.1, 0.15) is 60.7 Å². The average Bonchev–Trinajstić information content (AvgIpc) is 3.10. The van der Waals surface area contributed by atoms with E-state index >= 15 is 0 Å². The minimum atomic E-state index is -4.52. The fourth-order valence-corrected chi connectivity index (χ4v) is 5.06. The number of halogens is 3. The first-order chi connectivity index (χ1) is 24.2. The van der Waals surface area contributed by atoms with E-state index in [1.807, 2.05) is 0 Å². The first-order valence-corrected chi connectivity index (χ1v) is 15.5. The standard InChI is InChI=1S/C37H36F3N3O8/c1-21-10-16-26(32(41-21)23-12-14-25(15-13-23)37(38,39)40)34(45)42-28-17-11-22(18-27(28)35(46)43(2)3)8-7-9-31(44)51-33-29(48-4)19-24(36(47)50-6)20-30(33)49-5/h10-20H,7-9H2,1-6H3,(H,42,45). The summed E-state index contributed by atoms with van der Waals surface area (Å²) in [5.74, 6) is -2.04. The molecule has 2 amide bonds. The van der Waals surface area contributed by atoms with Gasteiger partial charge in [-0.05, 0) is 73.9 Å². The van der Waals surface area contributed by atoms with Crippen LogP contribution < -0.4 is 19.5 Å². The lowest BCUT2D eigenvalue weighted by molar-refractivity contribution is -0.137. The van der Waals surface area contributed by atoms with Crippen molar-refractivity contribution in [3.8, 4) is 28.5 Å². The summed E-state index contributed by atoms with van der Waals surface area (Å²) in [6.45, 7) is 1.69. The smallest absolute Gasteiger partial charge is 0.416 e. The molecule has 0 fully saturated rings. The van der Waals surface area contributed by atoms with Crippen LogP contribution in [-0.4, -0.2) is 69.1 Å². The Morgan fingerprint density at radius 3 is 2.06 bits per heavy atom. The predicted octanol–water partition coefficient (Wildman–Crippen LogP) is 6.76. The van der Waals surface area contributed by atoms with Crippen molar-refractivity contribution in [1.82, 2.24) is 9.88 Å². The predicted molar refractivity (Wildman–Crippen MR) is 181 cm³/mol. The van der Waals surface area contributed by atoms with Gasteiger partial charge >= 0.3 is 18.1 Å². The van der Waals surface area contributed by atoms with Crippen LogP contribution in [-0.2, 0) is 22.1 Å². The van der Waals surface area contributed by atoms with Gasteiger partial charge in [0.25, 0.3) is 11.8 Å². The number of benzene rings is 3. The molecule has 51 heavy (non-hydrogen) atoms. The molecule has 1 aromatic heterocycles. The second-order valence-electron chi connectivity index (χ2n) is 11.5. The number of hydrogen-bond acceptors (Lipinski definition) is 9. The number of carbonyl (C=O) groups is 4. The lowest BCUT2D eigenvalue weighted by Crippen LogP contribution is -2.24. The Bertz CT molecular complexity index is 1920. The molecule has 0 aliphatic carbocycles. The van der Waals surface area contributed by atoms with Crippen LogP contribution in [0, 0.1) is 6.92 Å². The van der Waals surface area contributed by atoms with Crippen molar-refractivity contribution >= 4 is 29.4 Å². The van der Waals surface area contributed by atoms with Crippen LogP contribution in [0.4, 0.5) is 18.9 Å². The van der Waals surface area contributed by atoms with E-state index in [0.717, 1.165) is 12.1 Å².